The van der Waals surface area contributed by atoms with E-state index in [2.05, 4.69) is 63.6 Å². The first-order valence-corrected chi connectivity index (χ1v) is 7.16. The zero-order valence-electron chi connectivity index (χ0n) is 11.3. The van der Waals surface area contributed by atoms with Crippen LogP contribution in [0.5, 0.6) is 0 Å². The van der Waals surface area contributed by atoms with Crippen molar-refractivity contribution in [1.82, 2.24) is 9.78 Å². The molecule has 100 valence electrons. The number of hydrogen-bond acceptors (Lipinski definition) is 2. The van der Waals surface area contributed by atoms with Gasteiger partial charge in [-0.25, -0.2) is 0 Å². The highest BCUT2D eigenvalue weighted by molar-refractivity contribution is 5.78. The van der Waals surface area contributed by atoms with Crippen LogP contribution in [0.1, 0.15) is 18.0 Å². The van der Waals surface area contributed by atoms with Crippen LogP contribution < -0.4 is 5.32 Å². The van der Waals surface area contributed by atoms with Crippen LogP contribution in [-0.4, -0.2) is 16.3 Å². The van der Waals surface area contributed by atoms with Crippen LogP contribution in [0.4, 0.5) is 5.69 Å². The van der Waals surface area contributed by atoms with Crippen LogP contribution in [0.15, 0.2) is 54.7 Å². The molecule has 0 spiro atoms. The third kappa shape index (κ3) is 1.86. The second kappa shape index (κ2) is 4.67. The van der Waals surface area contributed by atoms with Crippen molar-refractivity contribution in [2.24, 2.45) is 0 Å². The molecule has 2 heterocycles. The van der Waals surface area contributed by atoms with Gasteiger partial charge in [-0.05, 0) is 30.5 Å². The summed E-state index contributed by atoms with van der Waals surface area (Å²) in [7, 11) is 0. The fourth-order valence-electron chi connectivity index (χ4n) is 3.05. The summed E-state index contributed by atoms with van der Waals surface area (Å²) in [5, 5.41) is 9.38. The van der Waals surface area contributed by atoms with Gasteiger partial charge in [-0.3, -0.25) is 4.68 Å². The van der Waals surface area contributed by atoms with Crippen molar-refractivity contribution in [1.29, 1.82) is 0 Å². The lowest BCUT2D eigenvalue weighted by Gasteiger charge is -2.16. The van der Waals surface area contributed by atoms with Crippen LogP contribution in [-0.2, 0) is 6.42 Å². The zero-order valence-corrected chi connectivity index (χ0v) is 11.3. The second-order valence-corrected chi connectivity index (χ2v) is 5.38. The third-order valence-corrected chi connectivity index (χ3v) is 4.14. The molecule has 1 aliphatic heterocycles. The van der Waals surface area contributed by atoms with Gasteiger partial charge in [0.15, 0.2) is 0 Å². The van der Waals surface area contributed by atoms with E-state index in [9.17, 15) is 0 Å². The number of nitrogens with zero attached hydrogens (tertiary/aromatic N) is 2. The molecule has 1 aromatic heterocycles. The van der Waals surface area contributed by atoms with Crippen LogP contribution >= 0.6 is 0 Å². The molecule has 3 aromatic rings. The van der Waals surface area contributed by atoms with E-state index in [1.54, 1.807) is 0 Å². The quantitative estimate of drug-likeness (QED) is 0.726. The van der Waals surface area contributed by atoms with E-state index in [0.29, 0.717) is 6.04 Å². The Bertz CT molecular complexity index is 718. The molecule has 1 aliphatic rings. The minimum atomic E-state index is 0.405. The molecule has 1 unspecified atom stereocenters. The largest absolute Gasteiger partial charge is 0.383 e. The van der Waals surface area contributed by atoms with E-state index < -0.39 is 0 Å². The maximum atomic E-state index is 4.60. The molecule has 20 heavy (non-hydrogen) atoms. The number of aromatic nitrogens is 2. The molecular weight excluding hydrogens is 246 g/mol. The van der Waals surface area contributed by atoms with Crippen molar-refractivity contribution in [3.05, 3.63) is 60.3 Å². The van der Waals surface area contributed by atoms with E-state index in [0.717, 1.165) is 19.4 Å². The maximum absolute atomic E-state index is 4.60. The van der Waals surface area contributed by atoms with Crippen LogP contribution in [0.3, 0.4) is 0 Å². The van der Waals surface area contributed by atoms with Gasteiger partial charge in [-0.15, -0.1) is 0 Å². The number of nitrogens with one attached hydrogen (secondary N) is 1. The standard InChI is InChI=1S/C17H17N3/c1-3-7-16-13(5-1)9-10-15(12-18-16)20-17-8-4-2-6-14(17)11-19-20/h1-8,11,15,18H,9-10,12H2. The summed E-state index contributed by atoms with van der Waals surface area (Å²) in [4.78, 5) is 0. The molecule has 0 fully saturated rings. The molecule has 0 saturated carbocycles. The Hall–Kier alpha value is -2.29. The number of fused-ring (bicyclic) bond motifs is 2. The number of rotatable bonds is 1. The van der Waals surface area contributed by atoms with Gasteiger partial charge in [-0.2, -0.15) is 5.10 Å². The van der Waals surface area contributed by atoms with Gasteiger partial charge in [0, 0.05) is 17.6 Å². The predicted molar refractivity (Wildman–Crippen MR) is 82.0 cm³/mol. The van der Waals surface area contributed by atoms with Crippen molar-refractivity contribution in [2.75, 3.05) is 11.9 Å². The first-order valence-electron chi connectivity index (χ1n) is 7.16. The highest BCUT2D eigenvalue weighted by Crippen LogP contribution is 2.27. The molecule has 0 radical (unpaired) electrons. The molecule has 3 heteroatoms. The maximum Gasteiger partial charge on any atom is 0.0701 e. The summed E-state index contributed by atoms with van der Waals surface area (Å²) in [6.45, 7) is 0.933. The average Bonchev–Trinajstić information content (AvgIpc) is 2.81. The first kappa shape index (κ1) is 11.5. The number of aryl methyl sites for hydroxylation is 1. The van der Waals surface area contributed by atoms with Crippen molar-refractivity contribution in [3.63, 3.8) is 0 Å². The zero-order chi connectivity index (χ0) is 13.4. The monoisotopic (exact) mass is 263 g/mol. The smallest absolute Gasteiger partial charge is 0.0701 e. The summed E-state index contributed by atoms with van der Waals surface area (Å²) in [5.41, 5.74) is 3.91. The van der Waals surface area contributed by atoms with E-state index >= 15 is 0 Å². The number of anilines is 1. The SMILES string of the molecule is c1ccc2c(c1)CCC(n1ncc3ccccc31)CN2. The molecule has 0 saturated heterocycles. The van der Waals surface area contributed by atoms with Crippen molar-refractivity contribution in [2.45, 2.75) is 18.9 Å². The fourth-order valence-corrected chi connectivity index (χ4v) is 3.05. The molecule has 1 N–H and O–H groups in total. The topological polar surface area (TPSA) is 29.9 Å². The van der Waals surface area contributed by atoms with Crippen LogP contribution in [0.2, 0.25) is 0 Å². The van der Waals surface area contributed by atoms with E-state index in [1.165, 1.54) is 22.2 Å². The van der Waals surface area contributed by atoms with Crippen LogP contribution in [0.25, 0.3) is 10.9 Å². The molecule has 3 nitrogen and oxygen atoms in total. The first-order chi connectivity index (χ1) is 9.92. The Balaban J connectivity index is 1.68. The summed E-state index contributed by atoms with van der Waals surface area (Å²) in [6.07, 6.45) is 4.19. The van der Waals surface area contributed by atoms with Gasteiger partial charge in [0.25, 0.3) is 0 Å². The Morgan fingerprint density at radius 3 is 2.90 bits per heavy atom. The van der Waals surface area contributed by atoms with Gasteiger partial charge in [-0.1, -0.05) is 36.4 Å². The van der Waals surface area contributed by atoms with Gasteiger partial charge < -0.3 is 5.32 Å². The van der Waals surface area contributed by atoms with E-state index in [4.69, 9.17) is 0 Å². The van der Waals surface area contributed by atoms with E-state index in [-0.39, 0.29) is 0 Å². The predicted octanol–water partition coefficient (Wildman–Crippen LogP) is 3.64. The number of benzene rings is 2. The Kier molecular flexibility index (Phi) is 2.69. The average molecular weight is 263 g/mol. The molecular formula is C17H17N3. The molecule has 0 aliphatic carbocycles. The minimum Gasteiger partial charge on any atom is -0.383 e. The van der Waals surface area contributed by atoms with Gasteiger partial charge in [0.1, 0.15) is 0 Å². The highest BCUT2D eigenvalue weighted by atomic mass is 15.3. The third-order valence-electron chi connectivity index (χ3n) is 4.14. The molecule has 4 rings (SSSR count). The van der Waals surface area contributed by atoms with Crippen molar-refractivity contribution < 1.29 is 0 Å². The summed E-state index contributed by atoms with van der Waals surface area (Å²) >= 11 is 0. The summed E-state index contributed by atoms with van der Waals surface area (Å²) in [6, 6.07) is 17.4. The van der Waals surface area contributed by atoms with E-state index in [1.807, 2.05) is 6.20 Å². The van der Waals surface area contributed by atoms with Crippen molar-refractivity contribution in [3.8, 4) is 0 Å². The fraction of sp³-hybridized carbons (Fsp3) is 0.235. The lowest BCUT2D eigenvalue weighted by molar-refractivity contribution is 0.463. The second-order valence-electron chi connectivity index (χ2n) is 5.38. The number of para-hydroxylation sites is 2. The van der Waals surface area contributed by atoms with Crippen LogP contribution in [0, 0.1) is 0 Å². The lowest BCUT2D eigenvalue weighted by atomic mass is 10.1. The molecule has 0 bridgehead atoms. The molecule has 1 atom stereocenters. The number of hydrogen-bond donors (Lipinski definition) is 1. The Morgan fingerprint density at radius 1 is 1.05 bits per heavy atom. The highest BCUT2D eigenvalue weighted by Gasteiger charge is 2.18. The van der Waals surface area contributed by atoms with Gasteiger partial charge in [0.2, 0.25) is 0 Å². The summed E-state index contributed by atoms with van der Waals surface area (Å²) < 4.78 is 2.17. The van der Waals surface area contributed by atoms with Crippen molar-refractivity contribution >= 4 is 16.6 Å². The van der Waals surface area contributed by atoms with Gasteiger partial charge in [0.05, 0.1) is 17.8 Å². The minimum absolute atomic E-state index is 0.405. The summed E-state index contributed by atoms with van der Waals surface area (Å²) in [5.74, 6) is 0. The molecule has 2 aromatic carbocycles. The normalized spacial score (nSPS) is 18.3. The van der Waals surface area contributed by atoms with Gasteiger partial charge >= 0.3 is 0 Å². The molecule has 0 amide bonds. The Morgan fingerprint density at radius 2 is 1.90 bits per heavy atom. The Labute approximate surface area is 118 Å². The lowest BCUT2D eigenvalue weighted by Crippen LogP contribution is -2.18.